The van der Waals surface area contributed by atoms with Gasteiger partial charge in [0.1, 0.15) is 0 Å². The highest BCUT2D eigenvalue weighted by Gasteiger charge is 2.25. The molecule has 0 fully saturated rings. The number of benzene rings is 1. The van der Waals surface area contributed by atoms with E-state index in [9.17, 15) is 4.79 Å². The van der Waals surface area contributed by atoms with E-state index in [-0.39, 0.29) is 5.91 Å². The number of carbonyl (C=O) groups is 1. The van der Waals surface area contributed by atoms with Gasteiger partial charge in [0.15, 0.2) is 0 Å². The summed E-state index contributed by atoms with van der Waals surface area (Å²) in [5, 5.41) is 7.11. The maximum absolute atomic E-state index is 12.0. The Kier molecular flexibility index (Phi) is 4.20. The first-order valence-electron chi connectivity index (χ1n) is 6.69. The quantitative estimate of drug-likeness (QED) is 0.868. The molecule has 0 aliphatic carbocycles. The number of nitrogens with zero attached hydrogens (tertiary/aromatic N) is 2. The summed E-state index contributed by atoms with van der Waals surface area (Å²) in [5.41, 5.74) is 7.04. The topological polar surface area (TPSA) is 72.9 Å². The maximum Gasteiger partial charge on any atom is 0.240 e. The molecule has 0 radical (unpaired) electrons. The van der Waals surface area contributed by atoms with Crippen molar-refractivity contribution in [2.24, 2.45) is 5.73 Å². The van der Waals surface area contributed by atoms with Crippen LogP contribution in [0.3, 0.4) is 0 Å². The van der Waals surface area contributed by atoms with Crippen molar-refractivity contribution in [1.82, 2.24) is 15.1 Å². The molecule has 5 nitrogen and oxygen atoms in total. The second-order valence-corrected chi connectivity index (χ2v) is 5.03. The van der Waals surface area contributed by atoms with Crippen molar-refractivity contribution in [3.05, 3.63) is 48.3 Å². The van der Waals surface area contributed by atoms with Crippen LogP contribution in [0.15, 0.2) is 42.7 Å². The van der Waals surface area contributed by atoms with Gasteiger partial charge in [-0.15, -0.1) is 0 Å². The molecular weight excluding hydrogens is 252 g/mol. The number of hydrogen-bond donors (Lipinski definition) is 2. The third-order valence-electron chi connectivity index (χ3n) is 3.44. The lowest BCUT2D eigenvalue weighted by atomic mass is 9.99. The summed E-state index contributed by atoms with van der Waals surface area (Å²) in [4.78, 5) is 12.0. The minimum atomic E-state index is -0.833. The number of rotatable bonds is 5. The number of aromatic nitrogens is 2. The first-order valence-corrected chi connectivity index (χ1v) is 6.69. The van der Waals surface area contributed by atoms with Gasteiger partial charge in [0.25, 0.3) is 0 Å². The van der Waals surface area contributed by atoms with E-state index in [0.717, 1.165) is 11.3 Å². The molecule has 3 N–H and O–H groups in total. The summed E-state index contributed by atoms with van der Waals surface area (Å²) in [6.07, 6.45) is 4.20. The van der Waals surface area contributed by atoms with E-state index in [0.29, 0.717) is 13.0 Å². The van der Waals surface area contributed by atoms with Crippen molar-refractivity contribution in [3.8, 4) is 5.69 Å². The van der Waals surface area contributed by atoms with Crippen molar-refractivity contribution in [3.63, 3.8) is 0 Å². The van der Waals surface area contributed by atoms with Gasteiger partial charge in [-0.1, -0.05) is 25.1 Å². The van der Waals surface area contributed by atoms with Crippen molar-refractivity contribution in [1.29, 1.82) is 0 Å². The summed E-state index contributed by atoms with van der Waals surface area (Å²) in [6.45, 7) is 4.07. The summed E-state index contributed by atoms with van der Waals surface area (Å²) >= 11 is 0. The van der Waals surface area contributed by atoms with Gasteiger partial charge in [-0.3, -0.25) is 4.79 Å². The Balaban J connectivity index is 2.13. The summed E-state index contributed by atoms with van der Waals surface area (Å²) in [5.74, 6) is -0.143. The number of para-hydroxylation sites is 1. The molecule has 20 heavy (non-hydrogen) atoms. The Bertz CT molecular complexity index is 575. The molecule has 1 amide bonds. The zero-order valence-corrected chi connectivity index (χ0v) is 11.8. The van der Waals surface area contributed by atoms with E-state index in [4.69, 9.17) is 5.73 Å². The van der Waals surface area contributed by atoms with E-state index in [1.54, 1.807) is 17.8 Å². The molecule has 2 rings (SSSR count). The highest BCUT2D eigenvalue weighted by Crippen LogP contribution is 2.13. The molecule has 0 spiro atoms. The van der Waals surface area contributed by atoms with Gasteiger partial charge in [0.05, 0.1) is 11.2 Å². The van der Waals surface area contributed by atoms with Crippen LogP contribution in [0, 0.1) is 0 Å². The predicted octanol–water partition coefficient (Wildman–Crippen LogP) is 1.62. The van der Waals surface area contributed by atoms with Gasteiger partial charge >= 0.3 is 0 Å². The lowest BCUT2D eigenvalue weighted by Crippen LogP contribution is -2.50. The Hall–Kier alpha value is -2.14. The van der Waals surface area contributed by atoms with Gasteiger partial charge in [0.2, 0.25) is 5.91 Å². The molecule has 1 aromatic heterocycles. The van der Waals surface area contributed by atoms with Crippen molar-refractivity contribution in [2.45, 2.75) is 32.4 Å². The molecule has 2 aromatic rings. The smallest absolute Gasteiger partial charge is 0.240 e. The standard InChI is InChI=1S/C15H20N4O/c1-3-15(2,16)14(20)17-11-12-7-4-5-8-13(12)19-10-6-9-18-19/h4-10H,3,11,16H2,1-2H3,(H,17,20). The molecule has 1 atom stereocenters. The Morgan fingerprint density at radius 3 is 2.80 bits per heavy atom. The second-order valence-electron chi connectivity index (χ2n) is 5.03. The van der Waals surface area contributed by atoms with E-state index in [1.807, 2.05) is 43.5 Å². The third-order valence-corrected chi connectivity index (χ3v) is 3.44. The number of amides is 1. The summed E-state index contributed by atoms with van der Waals surface area (Å²) < 4.78 is 1.78. The average Bonchev–Trinajstić information content (AvgIpc) is 2.99. The second kappa shape index (κ2) is 5.88. The van der Waals surface area contributed by atoms with E-state index < -0.39 is 5.54 Å². The molecule has 0 saturated carbocycles. The SMILES string of the molecule is CCC(C)(N)C(=O)NCc1ccccc1-n1cccn1. The number of nitrogens with one attached hydrogen (secondary N) is 1. The van der Waals surface area contributed by atoms with Crippen molar-refractivity contribution in [2.75, 3.05) is 0 Å². The van der Waals surface area contributed by atoms with Crippen LogP contribution >= 0.6 is 0 Å². The molecule has 0 bridgehead atoms. The first-order chi connectivity index (χ1) is 9.54. The van der Waals surface area contributed by atoms with Gasteiger partial charge in [-0.25, -0.2) is 4.68 Å². The molecule has 0 aliphatic rings. The zero-order valence-electron chi connectivity index (χ0n) is 11.8. The molecule has 0 aliphatic heterocycles. The van der Waals surface area contributed by atoms with Crippen LogP contribution in [-0.4, -0.2) is 21.2 Å². The van der Waals surface area contributed by atoms with E-state index in [2.05, 4.69) is 10.4 Å². The van der Waals surface area contributed by atoms with Gasteiger partial charge in [-0.05, 0) is 31.0 Å². The molecule has 1 heterocycles. The predicted molar refractivity (Wildman–Crippen MR) is 78.3 cm³/mol. The minimum absolute atomic E-state index is 0.143. The van der Waals surface area contributed by atoms with E-state index >= 15 is 0 Å². The Labute approximate surface area is 118 Å². The average molecular weight is 272 g/mol. The fourth-order valence-electron chi connectivity index (χ4n) is 1.83. The van der Waals surface area contributed by atoms with Crippen LogP contribution in [0.4, 0.5) is 0 Å². The van der Waals surface area contributed by atoms with Gasteiger partial charge in [-0.2, -0.15) is 5.10 Å². The molecule has 106 valence electrons. The van der Waals surface area contributed by atoms with Crippen LogP contribution in [0.1, 0.15) is 25.8 Å². The van der Waals surface area contributed by atoms with Crippen LogP contribution in [-0.2, 0) is 11.3 Å². The van der Waals surface area contributed by atoms with Crippen LogP contribution in [0.5, 0.6) is 0 Å². The molecular formula is C15H20N4O. The van der Waals surface area contributed by atoms with Crippen LogP contribution in [0.25, 0.3) is 5.69 Å². The van der Waals surface area contributed by atoms with Crippen molar-refractivity contribution >= 4 is 5.91 Å². The van der Waals surface area contributed by atoms with Gasteiger partial charge < -0.3 is 11.1 Å². The Morgan fingerprint density at radius 1 is 1.40 bits per heavy atom. The lowest BCUT2D eigenvalue weighted by molar-refractivity contribution is -0.126. The highest BCUT2D eigenvalue weighted by atomic mass is 16.2. The number of hydrogen-bond acceptors (Lipinski definition) is 3. The molecule has 1 aromatic carbocycles. The first kappa shape index (κ1) is 14.3. The number of nitrogens with two attached hydrogens (primary N) is 1. The highest BCUT2D eigenvalue weighted by molar-refractivity contribution is 5.85. The summed E-state index contributed by atoms with van der Waals surface area (Å²) in [6, 6.07) is 9.69. The van der Waals surface area contributed by atoms with Gasteiger partial charge in [0, 0.05) is 18.9 Å². The minimum Gasteiger partial charge on any atom is -0.350 e. The monoisotopic (exact) mass is 272 g/mol. The fourth-order valence-corrected chi connectivity index (χ4v) is 1.83. The van der Waals surface area contributed by atoms with E-state index in [1.165, 1.54) is 0 Å². The Morgan fingerprint density at radius 2 is 2.15 bits per heavy atom. The molecule has 0 saturated heterocycles. The summed E-state index contributed by atoms with van der Waals surface area (Å²) in [7, 11) is 0. The fraction of sp³-hybridized carbons (Fsp3) is 0.333. The largest absolute Gasteiger partial charge is 0.350 e. The van der Waals surface area contributed by atoms with Crippen molar-refractivity contribution < 1.29 is 4.79 Å². The maximum atomic E-state index is 12.0. The normalized spacial score (nSPS) is 13.8. The lowest BCUT2D eigenvalue weighted by Gasteiger charge is -2.22. The molecule has 5 heteroatoms. The molecule has 1 unspecified atom stereocenters. The third kappa shape index (κ3) is 3.05. The zero-order chi connectivity index (χ0) is 14.6. The van der Waals surface area contributed by atoms with Crippen LogP contribution < -0.4 is 11.1 Å². The number of carbonyl (C=O) groups excluding carboxylic acids is 1. The van der Waals surface area contributed by atoms with Crippen LogP contribution in [0.2, 0.25) is 0 Å².